The summed E-state index contributed by atoms with van der Waals surface area (Å²) < 4.78 is 0. The molecule has 1 fully saturated rings. The Balaban J connectivity index is 1.88. The fourth-order valence-electron chi connectivity index (χ4n) is 3.28. The summed E-state index contributed by atoms with van der Waals surface area (Å²) >= 11 is 0. The van der Waals surface area contributed by atoms with Crippen LogP contribution >= 0.6 is 0 Å². The van der Waals surface area contributed by atoms with Crippen molar-refractivity contribution < 1.29 is 9.90 Å². The molecule has 0 spiro atoms. The highest BCUT2D eigenvalue weighted by atomic mass is 16.3. The molecule has 1 saturated heterocycles. The molecule has 0 aliphatic carbocycles. The SMILES string of the molecule is Cc1ccc2nc(-c3cccnc3)cc(C(=O)N3CC[C@@H](O)C3)c2c1. The van der Waals surface area contributed by atoms with Crippen molar-refractivity contribution in [3.05, 3.63) is 59.9 Å². The van der Waals surface area contributed by atoms with Crippen LogP contribution in [-0.2, 0) is 0 Å². The van der Waals surface area contributed by atoms with Crippen molar-refractivity contribution in [2.75, 3.05) is 13.1 Å². The van der Waals surface area contributed by atoms with Crippen LogP contribution in [0.2, 0.25) is 0 Å². The van der Waals surface area contributed by atoms with Gasteiger partial charge in [-0.2, -0.15) is 0 Å². The second kappa shape index (κ2) is 6.26. The predicted molar refractivity (Wildman–Crippen MR) is 96.2 cm³/mol. The van der Waals surface area contributed by atoms with E-state index in [9.17, 15) is 9.90 Å². The molecule has 0 unspecified atom stereocenters. The van der Waals surface area contributed by atoms with Crippen molar-refractivity contribution in [2.24, 2.45) is 0 Å². The average molecular weight is 333 g/mol. The number of aliphatic hydroxyl groups excluding tert-OH is 1. The summed E-state index contributed by atoms with van der Waals surface area (Å²) in [4.78, 5) is 23.6. The molecule has 126 valence electrons. The summed E-state index contributed by atoms with van der Waals surface area (Å²) in [6.45, 7) is 2.97. The maximum Gasteiger partial charge on any atom is 0.254 e. The highest BCUT2D eigenvalue weighted by Crippen LogP contribution is 2.27. The lowest BCUT2D eigenvalue weighted by atomic mass is 10.0. The Bertz CT molecular complexity index is 940. The molecule has 2 aromatic heterocycles. The monoisotopic (exact) mass is 333 g/mol. The predicted octanol–water partition coefficient (Wildman–Crippen LogP) is 2.81. The molecule has 1 N–H and O–H groups in total. The molecule has 3 aromatic rings. The van der Waals surface area contributed by atoms with Crippen LogP contribution in [0.4, 0.5) is 0 Å². The van der Waals surface area contributed by atoms with E-state index >= 15 is 0 Å². The molecule has 1 atom stereocenters. The zero-order valence-corrected chi connectivity index (χ0v) is 14.0. The van der Waals surface area contributed by atoms with Crippen molar-refractivity contribution in [1.82, 2.24) is 14.9 Å². The number of hydrogen-bond donors (Lipinski definition) is 1. The van der Waals surface area contributed by atoms with Gasteiger partial charge in [-0.15, -0.1) is 0 Å². The fraction of sp³-hybridized carbons (Fsp3) is 0.250. The first-order valence-corrected chi connectivity index (χ1v) is 8.41. The quantitative estimate of drug-likeness (QED) is 0.783. The number of aryl methyl sites for hydroxylation is 1. The number of benzene rings is 1. The lowest BCUT2D eigenvalue weighted by Gasteiger charge is -2.18. The Morgan fingerprint density at radius 2 is 2.16 bits per heavy atom. The number of carbonyl (C=O) groups excluding carboxylic acids is 1. The van der Waals surface area contributed by atoms with Gasteiger partial charge in [0.2, 0.25) is 0 Å². The van der Waals surface area contributed by atoms with Gasteiger partial charge in [0, 0.05) is 36.4 Å². The molecule has 0 bridgehead atoms. The van der Waals surface area contributed by atoms with Gasteiger partial charge in [0.1, 0.15) is 0 Å². The number of amides is 1. The maximum atomic E-state index is 13.1. The van der Waals surface area contributed by atoms with Gasteiger partial charge in [0.15, 0.2) is 0 Å². The topological polar surface area (TPSA) is 66.3 Å². The van der Waals surface area contributed by atoms with E-state index in [0.29, 0.717) is 25.1 Å². The minimum absolute atomic E-state index is 0.0558. The molecule has 4 rings (SSSR count). The smallest absolute Gasteiger partial charge is 0.254 e. The van der Waals surface area contributed by atoms with Crippen molar-refractivity contribution in [3.63, 3.8) is 0 Å². The van der Waals surface area contributed by atoms with E-state index in [1.807, 2.05) is 43.3 Å². The van der Waals surface area contributed by atoms with E-state index in [0.717, 1.165) is 27.7 Å². The number of fused-ring (bicyclic) bond motifs is 1. The van der Waals surface area contributed by atoms with Gasteiger partial charge in [-0.3, -0.25) is 9.78 Å². The number of β-amino-alcohol motifs (C(OH)–C–C–N with tert-alkyl or cyclic N) is 1. The van der Waals surface area contributed by atoms with Crippen molar-refractivity contribution in [1.29, 1.82) is 0 Å². The molecule has 5 heteroatoms. The Morgan fingerprint density at radius 1 is 1.28 bits per heavy atom. The second-order valence-corrected chi connectivity index (χ2v) is 6.51. The lowest BCUT2D eigenvalue weighted by Crippen LogP contribution is -2.29. The van der Waals surface area contributed by atoms with Crippen LogP contribution in [0.5, 0.6) is 0 Å². The number of hydrogen-bond acceptors (Lipinski definition) is 4. The van der Waals surface area contributed by atoms with Crippen LogP contribution in [0.15, 0.2) is 48.8 Å². The van der Waals surface area contributed by atoms with E-state index in [4.69, 9.17) is 4.98 Å². The summed E-state index contributed by atoms with van der Waals surface area (Å²) in [5.74, 6) is -0.0558. The molecule has 5 nitrogen and oxygen atoms in total. The number of pyridine rings is 2. The third-order valence-electron chi connectivity index (χ3n) is 4.60. The van der Waals surface area contributed by atoms with Crippen molar-refractivity contribution in [2.45, 2.75) is 19.4 Å². The number of carbonyl (C=O) groups is 1. The molecule has 1 aliphatic rings. The van der Waals surface area contributed by atoms with Crippen molar-refractivity contribution >= 4 is 16.8 Å². The van der Waals surface area contributed by atoms with Crippen LogP contribution in [0.25, 0.3) is 22.2 Å². The molecule has 1 aliphatic heterocycles. The van der Waals surface area contributed by atoms with Gasteiger partial charge in [-0.1, -0.05) is 11.6 Å². The first kappa shape index (κ1) is 15.7. The van der Waals surface area contributed by atoms with Crippen molar-refractivity contribution in [3.8, 4) is 11.3 Å². The van der Waals surface area contributed by atoms with E-state index in [2.05, 4.69) is 4.98 Å². The summed E-state index contributed by atoms with van der Waals surface area (Å²) in [5.41, 5.74) is 4.10. The zero-order valence-electron chi connectivity index (χ0n) is 14.0. The Labute approximate surface area is 146 Å². The average Bonchev–Trinajstić information content (AvgIpc) is 3.07. The number of rotatable bonds is 2. The van der Waals surface area contributed by atoms with Crippen LogP contribution in [0, 0.1) is 6.92 Å². The molecule has 0 saturated carbocycles. The Kier molecular flexibility index (Phi) is 3.93. The molecule has 25 heavy (non-hydrogen) atoms. The maximum absolute atomic E-state index is 13.1. The van der Waals surface area contributed by atoms with E-state index in [1.54, 1.807) is 17.3 Å². The van der Waals surface area contributed by atoms with E-state index in [1.165, 1.54) is 0 Å². The van der Waals surface area contributed by atoms with E-state index < -0.39 is 6.10 Å². The first-order valence-electron chi connectivity index (χ1n) is 8.41. The highest BCUT2D eigenvalue weighted by Gasteiger charge is 2.27. The normalized spacial score (nSPS) is 17.2. The molecular formula is C20H19N3O2. The Morgan fingerprint density at radius 3 is 2.88 bits per heavy atom. The highest BCUT2D eigenvalue weighted by molar-refractivity contribution is 6.07. The third kappa shape index (κ3) is 2.98. The Hall–Kier alpha value is -2.79. The van der Waals surface area contributed by atoms with Gasteiger partial charge < -0.3 is 10.0 Å². The molecule has 0 radical (unpaired) electrons. The first-order chi connectivity index (χ1) is 12.1. The molecule has 1 amide bonds. The standard InChI is InChI=1S/C20H19N3O2/c1-13-4-5-18-16(9-13)17(20(25)23-8-6-15(24)12-23)10-19(22-18)14-3-2-7-21-11-14/h2-5,7,9-11,15,24H,6,8,12H2,1H3/t15-/m1/s1. The lowest BCUT2D eigenvalue weighted by molar-refractivity contribution is 0.0767. The summed E-state index contributed by atoms with van der Waals surface area (Å²) in [5, 5.41) is 10.6. The molecule has 3 heterocycles. The number of aromatic nitrogens is 2. The van der Waals surface area contributed by atoms with Crippen LogP contribution < -0.4 is 0 Å². The van der Waals surface area contributed by atoms with Gasteiger partial charge in [-0.05, 0) is 43.7 Å². The fourth-order valence-corrected chi connectivity index (χ4v) is 3.28. The largest absolute Gasteiger partial charge is 0.391 e. The van der Waals surface area contributed by atoms with Crippen LogP contribution in [0.1, 0.15) is 22.3 Å². The zero-order chi connectivity index (χ0) is 17.4. The molecule has 1 aromatic carbocycles. The number of aliphatic hydroxyl groups is 1. The minimum Gasteiger partial charge on any atom is -0.391 e. The second-order valence-electron chi connectivity index (χ2n) is 6.51. The van der Waals surface area contributed by atoms with E-state index in [-0.39, 0.29) is 5.91 Å². The van der Waals surface area contributed by atoms with Gasteiger partial charge in [0.05, 0.1) is 22.9 Å². The summed E-state index contributed by atoms with van der Waals surface area (Å²) in [6, 6.07) is 11.6. The van der Waals surface area contributed by atoms with Gasteiger partial charge >= 0.3 is 0 Å². The van der Waals surface area contributed by atoms with Gasteiger partial charge in [0.25, 0.3) is 5.91 Å². The summed E-state index contributed by atoms with van der Waals surface area (Å²) in [6.07, 6.45) is 3.65. The minimum atomic E-state index is -0.434. The number of likely N-dealkylation sites (tertiary alicyclic amines) is 1. The summed E-state index contributed by atoms with van der Waals surface area (Å²) in [7, 11) is 0. The third-order valence-corrected chi connectivity index (χ3v) is 4.60. The molecular weight excluding hydrogens is 314 g/mol. The van der Waals surface area contributed by atoms with Crippen LogP contribution in [-0.4, -0.2) is 45.1 Å². The van der Waals surface area contributed by atoms with Crippen LogP contribution in [0.3, 0.4) is 0 Å². The number of nitrogens with zero attached hydrogens (tertiary/aromatic N) is 3. The van der Waals surface area contributed by atoms with Gasteiger partial charge in [-0.25, -0.2) is 4.98 Å².